The van der Waals surface area contributed by atoms with Gasteiger partial charge in [0, 0.05) is 18.0 Å². The van der Waals surface area contributed by atoms with E-state index in [-0.39, 0.29) is 5.75 Å². The average Bonchev–Trinajstić information content (AvgIpc) is 3.14. The molecule has 0 spiro atoms. The number of nitrogens with one attached hydrogen (secondary N) is 1. The van der Waals surface area contributed by atoms with E-state index in [2.05, 4.69) is 26.1 Å². The van der Waals surface area contributed by atoms with Gasteiger partial charge in [-0.1, -0.05) is 12.1 Å². The van der Waals surface area contributed by atoms with Crippen molar-refractivity contribution >= 4 is 17.2 Å². The summed E-state index contributed by atoms with van der Waals surface area (Å²) in [7, 11) is 0. The van der Waals surface area contributed by atoms with E-state index in [1.165, 1.54) is 12.1 Å². The molecule has 2 aromatic carbocycles. The number of alkyl halides is 2. The third-order valence-electron chi connectivity index (χ3n) is 4.10. The molecule has 0 radical (unpaired) electrons. The molecule has 2 aromatic heterocycles. The fraction of sp³-hybridized carbons (Fsp3) is 0.0500. The summed E-state index contributed by atoms with van der Waals surface area (Å²) in [6, 6.07) is 15.5. The maximum atomic E-state index is 12.3. The van der Waals surface area contributed by atoms with Gasteiger partial charge in [-0.25, -0.2) is 9.97 Å². The first kappa shape index (κ1) is 17.4. The Kier molecular flexibility index (Phi) is 4.56. The lowest BCUT2D eigenvalue weighted by atomic mass is 10.1. The molecule has 0 aliphatic rings. The molecule has 138 valence electrons. The molecule has 0 bridgehead atoms. The number of halogens is 2. The molecule has 0 saturated carbocycles. The molecule has 1 N–H and O–H groups in total. The van der Waals surface area contributed by atoms with Crippen LogP contribution in [0.4, 0.5) is 20.3 Å². The van der Waals surface area contributed by atoms with Crippen LogP contribution in [-0.2, 0) is 0 Å². The first-order valence-electron chi connectivity index (χ1n) is 8.29. The quantitative estimate of drug-likeness (QED) is 0.550. The standard InChI is InChI=1S/C20H13F2N5O/c21-20(22)28-15-7-5-13(6-8-15)17-12-25-19-18(24-9-10-27(17)19)26-16-4-2-1-3-14(16)11-23/h1-10,12,20H,(H,24,26). The highest BCUT2D eigenvalue weighted by Gasteiger charge is 2.12. The predicted molar refractivity (Wildman–Crippen MR) is 99.5 cm³/mol. The van der Waals surface area contributed by atoms with Crippen molar-refractivity contribution in [2.24, 2.45) is 0 Å². The molecule has 28 heavy (non-hydrogen) atoms. The van der Waals surface area contributed by atoms with Gasteiger partial charge in [-0.15, -0.1) is 0 Å². The molecule has 0 aliphatic heterocycles. The van der Waals surface area contributed by atoms with Crippen molar-refractivity contribution in [2.75, 3.05) is 5.32 Å². The van der Waals surface area contributed by atoms with Gasteiger partial charge in [-0.3, -0.25) is 4.40 Å². The summed E-state index contributed by atoms with van der Waals surface area (Å²) in [5, 5.41) is 12.4. The van der Waals surface area contributed by atoms with E-state index in [0.29, 0.717) is 22.7 Å². The van der Waals surface area contributed by atoms with Gasteiger partial charge in [0.2, 0.25) is 0 Å². The smallest absolute Gasteiger partial charge is 0.387 e. The van der Waals surface area contributed by atoms with Gasteiger partial charge in [0.15, 0.2) is 11.5 Å². The van der Waals surface area contributed by atoms with Crippen molar-refractivity contribution < 1.29 is 13.5 Å². The van der Waals surface area contributed by atoms with Crippen LogP contribution in [0.3, 0.4) is 0 Å². The highest BCUT2D eigenvalue weighted by atomic mass is 19.3. The van der Waals surface area contributed by atoms with Gasteiger partial charge in [0.25, 0.3) is 0 Å². The minimum absolute atomic E-state index is 0.0877. The van der Waals surface area contributed by atoms with Gasteiger partial charge in [-0.05, 0) is 36.4 Å². The van der Waals surface area contributed by atoms with Crippen molar-refractivity contribution in [1.82, 2.24) is 14.4 Å². The minimum Gasteiger partial charge on any atom is -0.435 e. The molecule has 4 aromatic rings. The van der Waals surface area contributed by atoms with Gasteiger partial charge in [-0.2, -0.15) is 14.0 Å². The molecular formula is C20H13F2N5O. The van der Waals surface area contributed by atoms with Gasteiger partial charge < -0.3 is 10.1 Å². The molecule has 0 unspecified atom stereocenters. The van der Waals surface area contributed by atoms with Crippen molar-refractivity contribution in [3.05, 3.63) is 72.7 Å². The van der Waals surface area contributed by atoms with E-state index < -0.39 is 6.61 Å². The fourth-order valence-electron chi connectivity index (χ4n) is 2.85. The van der Waals surface area contributed by atoms with E-state index >= 15 is 0 Å². The second-order valence-corrected chi connectivity index (χ2v) is 5.80. The lowest BCUT2D eigenvalue weighted by Crippen LogP contribution is -2.01. The normalized spacial score (nSPS) is 10.8. The molecule has 8 heteroatoms. The van der Waals surface area contributed by atoms with E-state index in [1.54, 1.807) is 48.9 Å². The third kappa shape index (κ3) is 3.33. The van der Waals surface area contributed by atoms with Crippen LogP contribution in [0.2, 0.25) is 0 Å². The number of nitriles is 1. The maximum absolute atomic E-state index is 12.3. The van der Waals surface area contributed by atoms with Gasteiger partial charge >= 0.3 is 6.61 Å². The Balaban J connectivity index is 1.70. The van der Waals surface area contributed by atoms with E-state index in [4.69, 9.17) is 0 Å². The van der Waals surface area contributed by atoms with E-state index in [0.717, 1.165) is 11.3 Å². The monoisotopic (exact) mass is 377 g/mol. The van der Waals surface area contributed by atoms with Crippen molar-refractivity contribution in [2.45, 2.75) is 6.61 Å². The highest BCUT2D eigenvalue weighted by Crippen LogP contribution is 2.27. The fourth-order valence-corrected chi connectivity index (χ4v) is 2.85. The van der Waals surface area contributed by atoms with Crippen LogP contribution in [0.1, 0.15) is 5.56 Å². The second-order valence-electron chi connectivity index (χ2n) is 5.80. The van der Waals surface area contributed by atoms with Crippen LogP contribution in [0.5, 0.6) is 5.75 Å². The zero-order valence-corrected chi connectivity index (χ0v) is 14.4. The molecule has 2 heterocycles. The number of hydrogen-bond donors (Lipinski definition) is 1. The lowest BCUT2D eigenvalue weighted by Gasteiger charge is -2.09. The number of rotatable bonds is 5. The Morgan fingerprint density at radius 2 is 1.86 bits per heavy atom. The summed E-state index contributed by atoms with van der Waals surface area (Å²) in [6.45, 7) is -2.86. The Labute approximate surface area is 158 Å². The number of ether oxygens (including phenoxy) is 1. The number of imidazole rings is 1. The van der Waals surface area contributed by atoms with Gasteiger partial charge in [0.05, 0.1) is 23.1 Å². The summed E-state index contributed by atoms with van der Waals surface area (Å²) < 4.78 is 30.8. The summed E-state index contributed by atoms with van der Waals surface area (Å²) >= 11 is 0. The molecule has 0 aliphatic carbocycles. The summed E-state index contributed by atoms with van der Waals surface area (Å²) in [5.74, 6) is 0.582. The number of anilines is 2. The zero-order valence-electron chi connectivity index (χ0n) is 14.4. The number of para-hydroxylation sites is 1. The van der Waals surface area contributed by atoms with Crippen molar-refractivity contribution in [3.63, 3.8) is 0 Å². The molecule has 0 saturated heterocycles. The maximum Gasteiger partial charge on any atom is 0.387 e. The SMILES string of the molecule is N#Cc1ccccc1Nc1nccn2c(-c3ccc(OC(F)F)cc3)cnc12. The summed E-state index contributed by atoms with van der Waals surface area (Å²) in [5.41, 5.74) is 3.23. The van der Waals surface area contributed by atoms with Crippen LogP contribution in [0.15, 0.2) is 67.1 Å². The Morgan fingerprint density at radius 1 is 1.07 bits per heavy atom. The molecule has 6 nitrogen and oxygen atoms in total. The number of nitrogens with zero attached hydrogens (tertiary/aromatic N) is 4. The lowest BCUT2D eigenvalue weighted by molar-refractivity contribution is -0.0498. The summed E-state index contributed by atoms with van der Waals surface area (Å²) in [6.07, 6.45) is 5.04. The minimum atomic E-state index is -2.86. The van der Waals surface area contributed by atoms with Crippen molar-refractivity contribution in [1.29, 1.82) is 5.26 Å². The van der Waals surface area contributed by atoms with Gasteiger partial charge in [0.1, 0.15) is 11.8 Å². The first-order chi connectivity index (χ1) is 13.7. The predicted octanol–water partition coefficient (Wildman–Crippen LogP) is 4.61. The van der Waals surface area contributed by atoms with E-state index in [1.807, 2.05) is 10.5 Å². The van der Waals surface area contributed by atoms with E-state index in [9.17, 15) is 14.0 Å². The Morgan fingerprint density at radius 3 is 2.61 bits per heavy atom. The molecular weight excluding hydrogens is 364 g/mol. The highest BCUT2D eigenvalue weighted by molar-refractivity contribution is 5.76. The summed E-state index contributed by atoms with van der Waals surface area (Å²) in [4.78, 5) is 8.75. The topological polar surface area (TPSA) is 75.2 Å². The third-order valence-corrected chi connectivity index (χ3v) is 4.10. The Hall–Kier alpha value is -3.99. The average molecular weight is 377 g/mol. The number of aromatic nitrogens is 3. The van der Waals surface area contributed by atoms with Crippen LogP contribution in [-0.4, -0.2) is 21.0 Å². The largest absolute Gasteiger partial charge is 0.435 e. The van der Waals surface area contributed by atoms with Crippen LogP contribution < -0.4 is 10.1 Å². The number of hydrogen-bond acceptors (Lipinski definition) is 5. The van der Waals surface area contributed by atoms with Crippen LogP contribution >= 0.6 is 0 Å². The van der Waals surface area contributed by atoms with Crippen LogP contribution in [0, 0.1) is 11.3 Å². The zero-order chi connectivity index (χ0) is 19.5. The molecule has 4 rings (SSSR count). The molecule has 0 atom stereocenters. The molecule has 0 fully saturated rings. The Bertz CT molecular complexity index is 1170. The molecule has 0 amide bonds. The first-order valence-corrected chi connectivity index (χ1v) is 8.29. The van der Waals surface area contributed by atoms with Crippen molar-refractivity contribution in [3.8, 4) is 23.1 Å². The number of benzene rings is 2. The van der Waals surface area contributed by atoms with Crippen LogP contribution in [0.25, 0.3) is 16.9 Å². The number of fused-ring (bicyclic) bond motifs is 1. The second kappa shape index (κ2) is 7.32.